The van der Waals surface area contributed by atoms with E-state index in [9.17, 15) is 9.59 Å². The fraction of sp³-hybridized carbons (Fsp3) is 0.100. The van der Waals surface area contributed by atoms with Crippen molar-refractivity contribution in [3.63, 3.8) is 0 Å². The molecule has 1 aromatic heterocycles. The molecule has 7 heteroatoms. The lowest BCUT2D eigenvalue weighted by Gasteiger charge is -2.08. The van der Waals surface area contributed by atoms with Crippen LogP contribution in [0.2, 0.25) is 0 Å². The Labute approximate surface area is 156 Å². The molecule has 3 rings (SSSR count). The molecule has 1 amide bonds. The van der Waals surface area contributed by atoms with Gasteiger partial charge in [0, 0.05) is 37.0 Å². The van der Waals surface area contributed by atoms with Crippen LogP contribution < -0.4 is 15.4 Å². The predicted molar refractivity (Wildman–Crippen MR) is 103 cm³/mol. The third-order valence-electron chi connectivity index (χ3n) is 3.53. The van der Waals surface area contributed by atoms with Crippen molar-refractivity contribution in [2.75, 3.05) is 10.6 Å². The predicted octanol–water partition coefficient (Wildman–Crippen LogP) is 3.77. The second-order valence-corrected chi connectivity index (χ2v) is 5.77. The minimum Gasteiger partial charge on any atom is -0.427 e. The number of esters is 1. The lowest BCUT2D eigenvalue weighted by molar-refractivity contribution is -0.131. The quantitative estimate of drug-likeness (QED) is 0.530. The van der Waals surface area contributed by atoms with Crippen molar-refractivity contribution >= 4 is 29.2 Å². The van der Waals surface area contributed by atoms with Crippen molar-refractivity contribution in [2.24, 2.45) is 0 Å². The first kappa shape index (κ1) is 18.1. The van der Waals surface area contributed by atoms with Gasteiger partial charge in [-0.05, 0) is 42.5 Å². The summed E-state index contributed by atoms with van der Waals surface area (Å²) in [6.45, 7) is 2.82. The maximum absolute atomic E-state index is 11.1. The van der Waals surface area contributed by atoms with Crippen LogP contribution in [0.1, 0.15) is 13.8 Å². The van der Waals surface area contributed by atoms with Crippen LogP contribution in [0.3, 0.4) is 0 Å². The molecular formula is C20H18N4O3. The molecular weight excluding hydrogens is 344 g/mol. The van der Waals surface area contributed by atoms with E-state index >= 15 is 0 Å². The molecule has 0 aliphatic rings. The van der Waals surface area contributed by atoms with E-state index < -0.39 is 0 Å². The Morgan fingerprint density at radius 1 is 0.889 bits per heavy atom. The molecule has 0 aliphatic carbocycles. The zero-order valence-corrected chi connectivity index (χ0v) is 14.9. The average molecular weight is 362 g/mol. The van der Waals surface area contributed by atoms with Gasteiger partial charge in [0.25, 0.3) is 0 Å². The summed E-state index contributed by atoms with van der Waals surface area (Å²) in [4.78, 5) is 30.8. The molecule has 27 heavy (non-hydrogen) atoms. The Morgan fingerprint density at radius 2 is 1.56 bits per heavy atom. The van der Waals surface area contributed by atoms with Gasteiger partial charge in [0.15, 0.2) is 0 Å². The molecule has 7 nitrogen and oxygen atoms in total. The van der Waals surface area contributed by atoms with Crippen molar-refractivity contribution in [1.82, 2.24) is 9.97 Å². The van der Waals surface area contributed by atoms with E-state index in [0.29, 0.717) is 11.7 Å². The van der Waals surface area contributed by atoms with Crippen molar-refractivity contribution < 1.29 is 14.3 Å². The van der Waals surface area contributed by atoms with E-state index in [2.05, 4.69) is 20.6 Å². The van der Waals surface area contributed by atoms with Crippen molar-refractivity contribution in [3.05, 3.63) is 60.8 Å². The van der Waals surface area contributed by atoms with Crippen LogP contribution in [0.15, 0.2) is 60.8 Å². The first-order chi connectivity index (χ1) is 13.0. The van der Waals surface area contributed by atoms with Gasteiger partial charge in [0.1, 0.15) is 5.75 Å². The molecule has 0 aliphatic heterocycles. The number of aromatic nitrogens is 2. The summed E-state index contributed by atoms with van der Waals surface area (Å²) in [5.74, 6) is 0.438. The van der Waals surface area contributed by atoms with E-state index in [1.165, 1.54) is 13.8 Å². The maximum Gasteiger partial charge on any atom is 0.308 e. The van der Waals surface area contributed by atoms with Gasteiger partial charge in [-0.25, -0.2) is 9.97 Å². The number of nitrogens with zero attached hydrogens (tertiary/aromatic N) is 2. The third-order valence-corrected chi connectivity index (χ3v) is 3.53. The largest absolute Gasteiger partial charge is 0.427 e. The van der Waals surface area contributed by atoms with Gasteiger partial charge in [-0.3, -0.25) is 9.59 Å². The van der Waals surface area contributed by atoms with E-state index in [-0.39, 0.29) is 11.9 Å². The topological polar surface area (TPSA) is 93.2 Å². The summed E-state index contributed by atoms with van der Waals surface area (Å²) in [7, 11) is 0. The second kappa shape index (κ2) is 8.09. The number of hydrogen-bond acceptors (Lipinski definition) is 6. The normalized spacial score (nSPS) is 10.1. The monoisotopic (exact) mass is 362 g/mol. The zero-order chi connectivity index (χ0) is 19.2. The van der Waals surface area contributed by atoms with E-state index in [1.54, 1.807) is 30.5 Å². The molecule has 3 aromatic rings. The molecule has 2 N–H and O–H groups in total. The summed E-state index contributed by atoms with van der Waals surface area (Å²) >= 11 is 0. The highest BCUT2D eigenvalue weighted by Gasteiger charge is 2.05. The second-order valence-electron chi connectivity index (χ2n) is 5.77. The standard InChI is InChI=1S/C20H18N4O3/c1-13(25)22-16-5-3-15(4-6-16)19-11-12-21-20(24-19)23-17-7-9-18(10-8-17)27-14(2)26/h3-12H,1-2H3,(H,22,25)(H,21,23,24). The Bertz CT molecular complexity index is 954. The molecule has 2 aromatic carbocycles. The zero-order valence-electron chi connectivity index (χ0n) is 14.9. The van der Waals surface area contributed by atoms with E-state index in [1.807, 2.05) is 30.3 Å². The number of benzene rings is 2. The molecule has 136 valence electrons. The Balaban J connectivity index is 1.73. The Hall–Kier alpha value is -3.74. The fourth-order valence-electron chi connectivity index (χ4n) is 2.41. The van der Waals surface area contributed by atoms with Gasteiger partial charge >= 0.3 is 5.97 Å². The first-order valence-corrected chi connectivity index (χ1v) is 8.26. The van der Waals surface area contributed by atoms with Crippen LogP contribution >= 0.6 is 0 Å². The summed E-state index contributed by atoms with van der Waals surface area (Å²) in [6, 6.07) is 16.1. The number of carbonyl (C=O) groups excluding carboxylic acids is 2. The molecule has 0 spiro atoms. The van der Waals surface area contributed by atoms with Crippen LogP contribution in [-0.2, 0) is 9.59 Å². The lowest BCUT2D eigenvalue weighted by atomic mass is 10.1. The molecule has 0 unspecified atom stereocenters. The van der Waals surface area contributed by atoms with Gasteiger partial charge in [-0.1, -0.05) is 12.1 Å². The van der Waals surface area contributed by atoms with Gasteiger partial charge in [0.05, 0.1) is 5.69 Å². The van der Waals surface area contributed by atoms with Crippen LogP contribution in [0.4, 0.5) is 17.3 Å². The van der Waals surface area contributed by atoms with E-state index in [4.69, 9.17) is 4.74 Å². The van der Waals surface area contributed by atoms with Crippen molar-refractivity contribution in [3.8, 4) is 17.0 Å². The molecule has 0 saturated carbocycles. The van der Waals surface area contributed by atoms with E-state index in [0.717, 1.165) is 22.6 Å². The molecule has 0 saturated heterocycles. The van der Waals surface area contributed by atoms with Crippen molar-refractivity contribution in [1.29, 1.82) is 0 Å². The summed E-state index contributed by atoms with van der Waals surface area (Å²) in [5, 5.41) is 5.84. The van der Waals surface area contributed by atoms with Crippen molar-refractivity contribution in [2.45, 2.75) is 13.8 Å². The summed E-state index contributed by atoms with van der Waals surface area (Å²) in [6.07, 6.45) is 1.67. The van der Waals surface area contributed by atoms with Crippen LogP contribution in [0.5, 0.6) is 5.75 Å². The number of amides is 1. The Morgan fingerprint density at radius 3 is 2.19 bits per heavy atom. The summed E-state index contributed by atoms with van der Waals surface area (Å²) < 4.78 is 5.01. The smallest absolute Gasteiger partial charge is 0.308 e. The highest BCUT2D eigenvalue weighted by atomic mass is 16.5. The highest BCUT2D eigenvalue weighted by Crippen LogP contribution is 2.22. The number of anilines is 3. The van der Waals surface area contributed by atoms with Gasteiger partial charge in [-0.2, -0.15) is 0 Å². The van der Waals surface area contributed by atoms with Gasteiger partial charge < -0.3 is 15.4 Å². The number of rotatable bonds is 5. The number of ether oxygens (including phenoxy) is 1. The Kier molecular flexibility index (Phi) is 5.41. The molecule has 0 bridgehead atoms. The first-order valence-electron chi connectivity index (χ1n) is 8.26. The minimum absolute atomic E-state index is 0.115. The van der Waals surface area contributed by atoms with Gasteiger partial charge in [-0.15, -0.1) is 0 Å². The molecule has 0 atom stereocenters. The number of carbonyl (C=O) groups is 2. The minimum atomic E-state index is -0.365. The number of nitrogens with one attached hydrogen (secondary N) is 2. The SMILES string of the molecule is CC(=O)Nc1ccc(-c2ccnc(Nc3ccc(OC(C)=O)cc3)n2)cc1. The average Bonchev–Trinajstić information content (AvgIpc) is 2.63. The fourth-order valence-corrected chi connectivity index (χ4v) is 2.41. The summed E-state index contributed by atoms with van der Waals surface area (Å²) in [5.41, 5.74) is 3.15. The maximum atomic E-state index is 11.1. The molecule has 1 heterocycles. The van der Waals surface area contributed by atoms with Crippen LogP contribution in [-0.4, -0.2) is 21.8 Å². The molecule has 0 radical (unpaired) electrons. The third kappa shape index (κ3) is 5.12. The highest BCUT2D eigenvalue weighted by molar-refractivity contribution is 5.88. The number of hydrogen-bond donors (Lipinski definition) is 2. The molecule has 0 fully saturated rings. The van der Waals surface area contributed by atoms with Crippen LogP contribution in [0, 0.1) is 0 Å². The van der Waals surface area contributed by atoms with Crippen LogP contribution in [0.25, 0.3) is 11.3 Å². The van der Waals surface area contributed by atoms with Gasteiger partial charge in [0.2, 0.25) is 11.9 Å². The lowest BCUT2D eigenvalue weighted by Crippen LogP contribution is -2.05.